The zero-order chi connectivity index (χ0) is 21.5. The Kier molecular flexibility index (Phi) is 5.37. The lowest BCUT2D eigenvalue weighted by atomic mass is 9.87. The number of halogens is 6. The minimum Gasteiger partial charge on any atom is -0.473 e. The molecule has 1 aromatic heterocycles. The highest BCUT2D eigenvalue weighted by Gasteiger charge is 2.37. The average Bonchev–Trinajstić information content (AvgIpc) is 2.69. The second kappa shape index (κ2) is 7.72. The van der Waals surface area contributed by atoms with Gasteiger partial charge in [0.25, 0.3) is 0 Å². The third-order valence-electron chi connectivity index (χ3n) is 5.59. The van der Waals surface area contributed by atoms with Gasteiger partial charge in [-0.2, -0.15) is 26.3 Å². The molecule has 30 heavy (non-hydrogen) atoms. The van der Waals surface area contributed by atoms with E-state index in [0.29, 0.717) is 18.1 Å². The Morgan fingerprint density at radius 3 is 2.17 bits per heavy atom. The Balaban J connectivity index is 1.56. The van der Waals surface area contributed by atoms with E-state index in [2.05, 4.69) is 15.1 Å². The number of fused-ring (bicyclic) bond motifs is 2. The second-order valence-corrected chi connectivity index (χ2v) is 7.70. The molecule has 3 atom stereocenters. The molecule has 0 aliphatic carbocycles. The monoisotopic (exact) mass is 431 g/mol. The fraction of sp³-hybridized carbons (Fsp3) is 0.500. The molecule has 0 amide bonds. The van der Waals surface area contributed by atoms with E-state index in [0.717, 1.165) is 38.9 Å². The van der Waals surface area contributed by atoms with Crippen LogP contribution in [0.5, 0.6) is 5.88 Å². The molecular formula is C20H19F6N3O. The number of ether oxygens (including phenoxy) is 1. The van der Waals surface area contributed by atoms with Crippen LogP contribution in [0.15, 0.2) is 30.3 Å². The summed E-state index contributed by atoms with van der Waals surface area (Å²) in [5.41, 5.74) is -3.18. The van der Waals surface area contributed by atoms with Crippen molar-refractivity contribution in [2.45, 2.75) is 37.7 Å². The molecule has 2 saturated heterocycles. The summed E-state index contributed by atoms with van der Waals surface area (Å²) in [4.78, 5) is 2.38. The molecule has 10 heteroatoms. The lowest BCUT2D eigenvalue weighted by molar-refractivity contribution is -0.143. The normalized spacial score (nSPS) is 24.5. The maximum absolute atomic E-state index is 13.1. The quantitative estimate of drug-likeness (QED) is 0.638. The molecule has 2 aromatic rings. The SMILES string of the molecule is FC(F)(F)c1cc(-c2ccc(OC3CCN4CCCC3C4)nn2)cc(C(F)(F)F)c1. The van der Waals surface area contributed by atoms with Crippen LogP contribution in [0.3, 0.4) is 0 Å². The van der Waals surface area contributed by atoms with Gasteiger partial charge in [-0.3, -0.25) is 0 Å². The molecule has 4 nitrogen and oxygen atoms in total. The summed E-state index contributed by atoms with van der Waals surface area (Å²) in [6.45, 7) is 2.98. The molecule has 1 aromatic carbocycles. The van der Waals surface area contributed by atoms with E-state index < -0.39 is 23.5 Å². The summed E-state index contributed by atoms with van der Waals surface area (Å²) in [5.74, 6) is 0.595. The number of alkyl halides is 6. The number of rotatable bonds is 3. The Labute approximate surface area is 168 Å². The summed E-state index contributed by atoms with van der Waals surface area (Å²) >= 11 is 0. The first-order valence-electron chi connectivity index (χ1n) is 9.62. The first-order valence-corrected chi connectivity index (χ1v) is 9.62. The highest BCUT2D eigenvalue weighted by Crippen LogP contribution is 2.38. The smallest absolute Gasteiger partial charge is 0.416 e. The molecule has 3 heterocycles. The number of aromatic nitrogens is 2. The average molecular weight is 431 g/mol. The van der Waals surface area contributed by atoms with Crippen LogP contribution in [0.4, 0.5) is 26.3 Å². The number of benzene rings is 1. The predicted octanol–water partition coefficient (Wildman–Crippen LogP) is 5.04. The van der Waals surface area contributed by atoms with Crippen LogP contribution in [-0.2, 0) is 12.4 Å². The van der Waals surface area contributed by atoms with Gasteiger partial charge in [-0.15, -0.1) is 10.2 Å². The molecule has 2 aliphatic heterocycles. The van der Waals surface area contributed by atoms with Gasteiger partial charge in [-0.05, 0) is 50.1 Å². The fourth-order valence-corrected chi connectivity index (χ4v) is 4.09. The van der Waals surface area contributed by atoms with Crippen LogP contribution in [0.25, 0.3) is 11.3 Å². The molecule has 0 radical (unpaired) electrons. The molecule has 4 rings (SSSR count). The van der Waals surface area contributed by atoms with Crippen molar-refractivity contribution in [2.24, 2.45) is 5.92 Å². The van der Waals surface area contributed by atoms with Crippen molar-refractivity contribution in [3.63, 3.8) is 0 Å². The summed E-state index contributed by atoms with van der Waals surface area (Å²) in [7, 11) is 0. The molecule has 3 unspecified atom stereocenters. The number of hydrogen-bond donors (Lipinski definition) is 0. The van der Waals surface area contributed by atoms with Crippen molar-refractivity contribution < 1.29 is 31.1 Å². The largest absolute Gasteiger partial charge is 0.473 e. The lowest BCUT2D eigenvalue weighted by Gasteiger charge is -2.42. The Morgan fingerprint density at radius 2 is 1.57 bits per heavy atom. The molecule has 0 spiro atoms. The zero-order valence-electron chi connectivity index (χ0n) is 15.8. The van der Waals surface area contributed by atoms with Gasteiger partial charge in [-0.1, -0.05) is 0 Å². The summed E-state index contributed by atoms with van der Waals surface area (Å²) < 4.78 is 84.2. The van der Waals surface area contributed by atoms with Gasteiger partial charge in [-0.25, -0.2) is 0 Å². The van der Waals surface area contributed by atoms with Crippen molar-refractivity contribution in [3.8, 4) is 17.1 Å². The predicted molar refractivity (Wildman–Crippen MR) is 95.7 cm³/mol. The summed E-state index contributed by atoms with van der Waals surface area (Å²) in [5, 5.41) is 7.71. The van der Waals surface area contributed by atoms with Crippen LogP contribution in [-0.4, -0.2) is 40.8 Å². The number of piperidine rings is 2. The van der Waals surface area contributed by atoms with Gasteiger partial charge in [0, 0.05) is 30.6 Å². The third kappa shape index (κ3) is 4.53. The van der Waals surface area contributed by atoms with Gasteiger partial charge in [0.1, 0.15) is 6.10 Å². The van der Waals surface area contributed by atoms with Gasteiger partial charge in [0.2, 0.25) is 5.88 Å². The standard InChI is InChI=1S/C20H19F6N3O/c21-19(22,23)14-8-13(9-15(10-14)20(24,25)26)16-3-4-18(28-27-16)30-17-5-7-29-6-1-2-12(17)11-29/h3-4,8-10,12,17H,1-2,5-7,11H2. The first kappa shape index (κ1) is 20.9. The maximum Gasteiger partial charge on any atom is 0.416 e. The Morgan fingerprint density at radius 1 is 0.867 bits per heavy atom. The van der Waals surface area contributed by atoms with E-state index in [1.165, 1.54) is 12.1 Å². The van der Waals surface area contributed by atoms with E-state index in [1.54, 1.807) is 0 Å². The number of nitrogens with zero attached hydrogens (tertiary/aromatic N) is 3. The van der Waals surface area contributed by atoms with Crippen LogP contribution >= 0.6 is 0 Å². The van der Waals surface area contributed by atoms with Crippen LogP contribution < -0.4 is 4.74 Å². The molecule has 2 bridgehead atoms. The van der Waals surface area contributed by atoms with Crippen molar-refractivity contribution in [1.82, 2.24) is 15.1 Å². The zero-order valence-corrected chi connectivity index (χ0v) is 15.8. The first-order chi connectivity index (χ1) is 14.1. The van der Waals surface area contributed by atoms with Crippen molar-refractivity contribution >= 4 is 0 Å². The Hall–Kier alpha value is -2.36. The molecular weight excluding hydrogens is 412 g/mol. The topological polar surface area (TPSA) is 38.2 Å². The molecule has 162 valence electrons. The van der Waals surface area contributed by atoms with Crippen LogP contribution in [0.1, 0.15) is 30.4 Å². The molecule has 0 saturated carbocycles. The van der Waals surface area contributed by atoms with Crippen molar-refractivity contribution in [1.29, 1.82) is 0 Å². The number of hydrogen-bond acceptors (Lipinski definition) is 4. The summed E-state index contributed by atoms with van der Waals surface area (Å²) in [6, 6.07) is 4.12. The Bertz CT molecular complexity index is 865. The van der Waals surface area contributed by atoms with E-state index in [9.17, 15) is 26.3 Å². The van der Waals surface area contributed by atoms with E-state index in [-0.39, 0.29) is 29.3 Å². The van der Waals surface area contributed by atoms with Gasteiger partial charge in [0.15, 0.2) is 0 Å². The second-order valence-electron chi connectivity index (χ2n) is 7.70. The van der Waals surface area contributed by atoms with E-state index in [1.807, 2.05) is 0 Å². The van der Waals surface area contributed by atoms with Crippen LogP contribution in [0.2, 0.25) is 0 Å². The maximum atomic E-state index is 13.1. The minimum atomic E-state index is -4.92. The molecule has 2 fully saturated rings. The minimum absolute atomic E-state index is 0.0212. The van der Waals surface area contributed by atoms with E-state index in [4.69, 9.17) is 4.74 Å². The van der Waals surface area contributed by atoms with Crippen LogP contribution in [0, 0.1) is 5.92 Å². The van der Waals surface area contributed by atoms with Gasteiger partial charge < -0.3 is 9.64 Å². The molecule has 0 N–H and O–H groups in total. The van der Waals surface area contributed by atoms with Crippen molar-refractivity contribution in [2.75, 3.05) is 19.6 Å². The third-order valence-corrected chi connectivity index (χ3v) is 5.59. The van der Waals surface area contributed by atoms with Crippen molar-refractivity contribution in [3.05, 3.63) is 41.5 Å². The van der Waals surface area contributed by atoms with Gasteiger partial charge >= 0.3 is 12.4 Å². The van der Waals surface area contributed by atoms with Gasteiger partial charge in [0.05, 0.1) is 16.8 Å². The lowest BCUT2D eigenvalue weighted by Crippen LogP contribution is -2.49. The van der Waals surface area contributed by atoms with E-state index >= 15 is 0 Å². The highest BCUT2D eigenvalue weighted by molar-refractivity contribution is 5.61. The molecule has 2 aliphatic rings. The highest BCUT2D eigenvalue weighted by atomic mass is 19.4. The fourth-order valence-electron chi connectivity index (χ4n) is 4.09. The summed E-state index contributed by atoms with van der Waals surface area (Å²) in [6.07, 6.45) is -6.85.